The van der Waals surface area contributed by atoms with Gasteiger partial charge in [-0.1, -0.05) is 29.8 Å². The Morgan fingerprint density at radius 1 is 1.26 bits per heavy atom. The normalized spacial score (nSPS) is 16.3. The average Bonchev–Trinajstić information content (AvgIpc) is 3.27. The highest BCUT2D eigenvalue weighted by Gasteiger charge is 2.26. The SMILES string of the molecule is CCN(c1ccccc1)S(=O)(=O)c1cc(NC(=O)CCOCC2CCCO2)ccc1Cl. The number of para-hydroxylation sites is 1. The first kappa shape index (κ1) is 23.5. The third-order valence-corrected chi connectivity index (χ3v) is 7.30. The molecule has 7 nitrogen and oxygen atoms in total. The Morgan fingerprint density at radius 2 is 2.03 bits per heavy atom. The fraction of sp³-hybridized carbons (Fsp3) is 0.409. The van der Waals surface area contributed by atoms with E-state index < -0.39 is 10.0 Å². The maximum Gasteiger partial charge on any atom is 0.265 e. The number of ether oxygens (including phenoxy) is 2. The highest BCUT2D eigenvalue weighted by atomic mass is 35.5. The summed E-state index contributed by atoms with van der Waals surface area (Å²) >= 11 is 6.22. The van der Waals surface area contributed by atoms with Gasteiger partial charge in [0, 0.05) is 18.8 Å². The number of nitrogens with one attached hydrogen (secondary N) is 1. The molecule has 1 unspecified atom stereocenters. The molecule has 0 radical (unpaired) electrons. The standard InChI is InChI=1S/C22H27ClN2O5S/c1-2-25(18-7-4-3-5-8-18)31(27,28)21-15-17(10-11-20(21)23)24-22(26)12-14-29-16-19-9-6-13-30-19/h3-5,7-8,10-11,15,19H,2,6,9,12-14,16H2,1H3,(H,24,26). The summed E-state index contributed by atoms with van der Waals surface area (Å²) < 4.78 is 38.8. The van der Waals surface area contributed by atoms with Crippen LogP contribution in [0.15, 0.2) is 53.4 Å². The third kappa shape index (κ3) is 6.20. The first-order valence-corrected chi connectivity index (χ1v) is 12.1. The first-order valence-electron chi connectivity index (χ1n) is 10.3. The lowest BCUT2D eigenvalue weighted by atomic mass is 10.2. The second kappa shape index (κ2) is 10.9. The zero-order valence-electron chi connectivity index (χ0n) is 17.4. The number of hydrogen-bond donors (Lipinski definition) is 1. The smallest absolute Gasteiger partial charge is 0.265 e. The Morgan fingerprint density at radius 3 is 2.71 bits per heavy atom. The molecule has 3 rings (SSSR count). The number of carbonyl (C=O) groups excluding carboxylic acids is 1. The number of halogens is 1. The van der Waals surface area contributed by atoms with Crippen LogP contribution in [0.3, 0.4) is 0 Å². The van der Waals surface area contributed by atoms with Crippen molar-refractivity contribution in [2.45, 2.75) is 37.2 Å². The summed E-state index contributed by atoms with van der Waals surface area (Å²) in [6, 6.07) is 13.2. The fourth-order valence-electron chi connectivity index (χ4n) is 3.36. The van der Waals surface area contributed by atoms with Crippen molar-refractivity contribution in [2.75, 3.05) is 36.0 Å². The Kier molecular flexibility index (Phi) is 8.31. The van der Waals surface area contributed by atoms with Crippen LogP contribution in [0, 0.1) is 0 Å². The van der Waals surface area contributed by atoms with Crippen LogP contribution in [0.2, 0.25) is 5.02 Å². The fourth-order valence-corrected chi connectivity index (χ4v) is 5.34. The van der Waals surface area contributed by atoms with Gasteiger partial charge in [-0.15, -0.1) is 0 Å². The van der Waals surface area contributed by atoms with Crippen LogP contribution in [0.25, 0.3) is 0 Å². The molecule has 9 heteroatoms. The van der Waals surface area contributed by atoms with Crippen molar-refractivity contribution in [3.63, 3.8) is 0 Å². The number of amides is 1. The zero-order chi connectivity index (χ0) is 22.3. The van der Waals surface area contributed by atoms with Gasteiger partial charge in [-0.3, -0.25) is 9.10 Å². The predicted octanol–water partition coefficient (Wildman–Crippen LogP) is 4.08. The number of hydrogen-bond acceptors (Lipinski definition) is 5. The van der Waals surface area contributed by atoms with E-state index in [9.17, 15) is 13.2 Å². The van der Waals surface area contributed by atoms with Crippen molar-refractivity contribution >= 4 is 38.9 Å². The molecule has 1 atom stereocenters. The third-order valence-electron chi connectivity index (χ3n) is 4.92. The summed E-state index contributed by atoms with van der Waals surface area (Å²) in [4.78, 5) is 12.2. The predicted molar refractivity (Wildman–Crippen MR) is 121 cm³/mol. The summed E-state index contributed by atoms with van der Waals surface area (Å²) in [6.45, 7) is 3.49. The van der Waals surface area contributed by atoms with Crippen LogP contribution < -0.4 is 9.62 Å². The molecule has 168 valence electrons. The zero-order valence-corrected chi connectivity index (χ0v) is 19.0. The van der Waals surface area contributed by atoms with Gasteiger partial charge in [0.25, 0.3) is 10.0 Å². The minimum atomic E-state index is -3.91. The summed E-state index contributed by atoms with van der Waals surface area (Å²) in [6.07, 6.45) is 2.28. The maximum absolute atomic E-state index is 13.3. The molecule has 1 fully saturated rings. The molecular weight excluding hydrogens is 440 g/mol. The monoisotopic (exact) mass is 466 g/mol. The molecule has 1 aliphatic heterocycles. The van der Waals surface area contributed by atoms with Crippen LogP contribution in [0.4, 0.5) is 11.4 Å². The number of sulfonamides is 1. The van der Waals surface area contributed by atoms with Crippen LogP contribution in [-0.4, -0.2) is 46.8 Å². The van der Waals surface area contributed by atoms with Crippen LogP contribution in [-0.2, 0) is 24.3 Å². The summed E-state index contributed by atoms with van der Waals surface area (Å²) in [5.41, 5.74) is 0.898. The molecule has 31 heavy (non-hydrogen) atoms. The molecule has 0 aromatic heterocycles. The molecule has 0 bridgehead atoms. The van der Waals surface area contributed by atoms with Crippen molar-refractivity contribution < 1.29 is 22.7 Å². The van der Waals surface area contributed by atoms with E-state index in [1.807, 2.05) is 6.07 Å². The highest BCUT2D eigenvalue weighted by Crippen LogP contribution is 2.30. The molecule has 0 aliphatic carbocycles. The molecule has 1 aliphatic rings. The Labute approximate surface area is 188 Å². The lowest BCUT2D eigenvalue weighted by molar-refractivity contribution is -0.117. The quantitative estimate of drug-likeness (QED) is 0.533. The average molecular weight is 467 g/mol. The van der Waals surface area contributed by atoms with Crippen LogP contribution in [0.5, 0.6) is 0 Å². The molecule has 2 aromatic carbocycles. The summed E-state index contributed by atoms with van der Waals surface area (Å²) in [7, 11) is -3.91. The van der Waals surface area contributed by atoms with Gasteiger partial charge in [-0.05, 0) is 50.1 Å². The van der Waals surface area contributed by atoms with E-state index in [0.717, 1.165) is 19.4 Å². The largest absolute Gasteiger partial charge is 0.378 e. The van der Waals surface area contributed by atoms with Gasteiger partial charge in [0.15, 0.2) is 0 Å². The van der Waals surface area contributed by atoms with E-state index in [1.54, 1.807) is 37.3 Å². The van der Waals surface area contributed by atoms with E-state index in [2.05, 4.69) is 5.32 Å². The Bertz CT molecular complexity index is 979. The molecule has 2 aromatic rings. The van der Waals surface area contributed by atoms with Crippen molar-refractivity contribution in [2.24, 2.45) is 0 Å². The van der Waals surface area contributed by atoms with E-state index in [4.69, 9.17) is 21.1 Å². The molecule has 1 heterocycles. The van der Waals surface area contributed by atoms with Crippen molar-refractivity contribution in [1.29, 1.82) is 0 Å². The van der Waals surface area contributed by atoms with Crippen LogP contribution >= 0.6 is 11.6 Å². The van der Waals surface area contributed by atoms with E-state index in [-0.39, 0.29) is 41.5 Å². The van der Waals surface area contributed by atoms with Gasteiger partial charge in [0.1, 0.15) is 4.90 Å². The van der Waals surface area contributed by atoms with Gasteiger partial charge in [0.05, 0.1) is 36.4 Å². The second-order valence-electron chi connectivity index (χ2n) is 7.16. The number of rotatable bonds is 10. The molecular formula is C22H27ClN2O5S. The first-order chi connectivity index (χ1) is 14.9. The minimum Gasteiger partial charge on any atom is -0.378 e. The van der Waals surface area contributed by atoms with Gasteiger partial charge >= 0.3 is 0 Å². The number of anilines is 2. The van der Waals surface area contributed by atoms with Crippen molar-refractivity contribution in [1.82, 2.24) is 0 Å². The van der Waals surface area contributed by atoms with E-state index in [1.165, 1.54) is 16.4 Å². The topological polar surface area (TPSA) is 84.9 Å². The Balaban J connectivity index is 1.65. The number of benzene rings is 2. The van der Waals surface area contributed by atoms with E-state index in [0.29, 0.717) is 18.0 Å². The lowest BCUT2D eigenvalue weighted by Gasteiger charge is -2.23. The van der Waals surface area contributed by atoms with Gasteiger partial charge in [0.2, 0.25) is 5.91 Å². The van der Waals surface area contributed by atoms with Gasteiger partial charge < -0.3 is 14.8 Å². The van der Waals surface area contributed by atoms with E-state index >= 15 is 0 Å². The minimum absolute atomic E-state index is 0.0627. The second-order valence-corrected chi connectivity index (χ2v) is 9.40. The Hall–Kier alpha value is -2.13. The molecule has 1 N–H and O–H groups in total. The molecule has 0 spiro atoms. The lowest BCUT2D eigenvalue weighted by Crippen LogP contribution is -2.31. The molecule has 1 amide bonds. The van der Waals surface area contributed by atoms with Gasteiger partial charge in [-0.25, -0.2) is 8.42 Å². The highest BCUT2D eigenvalue weighted by molar-refractivity contribution is 7.93. The van der Waals surface area contributed by atoms with Gasteiger partial charge in [-0.2, -0.15) is 0 Å². The van der Waals surface area contributed by atoms with Crippen molar-refractivity contribution in [3.8, 4) is 0 Å². The maximum atomic E-state index is 13.3. The number of carbonyl (C=O) groups is 1. The summed E-state index contributed by atoms with van der Waals surface area (Å²) in [5.74, 6) is -0.270. The molecule has 0 saturated carbocycles. The van der Waals surface area contributed by atoms with Crippen molar-refractivity contribution in [3.05, 3.63) is 53.6 Å². The molecule has 1 saturated heterocycles. The van der Waals surface area contributed by atoms with Crippen LogP contribution in [0.1, 0.15) is 26.2 Å². The summed E-state index contributed by atoms with van der Waals surface area (Å²) in [5, 5.41) is 2.81. The number of nitrogens with zero attached hydrogens (tertiary/aromatic N) is 1.